The molecule has 126 valence electrons. The van der Waals surface area contributed by atoms with Gasteiger partial charge in [0, 0.05) is 11.8 Å². The van der Waals surface area contributed by atoms with E-state index in [9.17, 15) is 9.59 Å². The SMILES string of the molecule is Cc1ccc(NC(=O)Cn2nc3c(cc2=O)CC(C)CC3)cc1C. The number of anilines is 1. The first-order chi connectivity index (χ1) is 11.4. The molecule has 0 aliphatic heterocycles. The maximum Gasteiger partial charge on any atom is 0.267 e. The van der Waals surface area contributed by atoms with Crippen molar-refractivity contribution in [1.82, 2.24) is 9.78 Å². The molecule has 3 rings (SSSR count). The van der Waals surface area contributed by atoms with Crippen LogP contribution in [0.2, 0.25) is 0 Å². The number of nitrogens with one attached hydrogen (secondary N) is 1. The molecule has 1 unspecified atom stereocenters. The lowest BCUT2D eigenvalue weighted by Crippen LogP contribution is -2.32. The maximum atomic E-state index is 12.2. The number of hydrogen-bond acceptors (Lipinski definition) is 3. The first-order valence-electron chi connectivity index (χ1n) is 8.39. The number of carbonyl (C=O) groups is 1. The highest BCUT2D eigenvalue weighted by Gasteiger charge is 2.18. The third kappa shape index (κ3) is 3.55. The molecule has 1 atom stereocenters. The lowest BCUT2D eigenvalue weighted by molar-refractivity contribution is -0.117. The predicted molar refractivity (Wildman–Crippen MR) is 94.2 cm³/mol. The zero-order chi connectivity index (χ0) is 17.3. The number of amides is 1. The fraction of sp³-hybridized carbons (Fsp3) is 0.421. The third-order valence-corrected chi connectivity index (χ3v) is 4.69. The summed E-state index contributed by atoms with van der Waals surface area (Å²) in [7, 11) is 0. The van der Waals surface area contributed by atoms with Gasteiger partial charge in [-0.3, -0.25) is 9.59 Å². The minimum Gasteiger partial charge on any atom is -0.324 e. The van der Waals surface area contributed by atoms with Gasteiger partial charge in [0.2, 0.25) is 5.91 Å². The van der Waals surface area contributed by atoms with Crippen molar-refractivity contribution in [2.24, 2.45) is 5.92 Å². The van der Waals surface area contributed by atoms with Crippen molar-refractivity contribution in [3.05, 3.63) is 57.0 Å². The van der Waals surface area contributed by atoms with Gasteiger partial charge in [0.05, 0.1) is 5.69 Å². The summed E-state index contributed by atoms with van der Waals surface area (Å²) in [6, 6.07) is 7.40. The zero-order valence-corrected chi connectivity index (χ0v) is 14.4. The molecular formula is C19H23N3O2. The van der Waals surface area contributed by atoms with E-state index in [0.29, 0.717) is 5.92 Å². The van der Waals surface area contributed by atoms with Gasteiger partial charge in [0.25, 0.3) is 5.56 Å². The number of aromatic nitrogens is 2. The molecular weight excluding hydrogens is 302 g/mol. The summed E-state index contributed by atoms with van der Waals surface area (Å²) in [5, 5.41) is 7.24. The summed E-state index contributed by atoms with van der Waals surface area (Å²) in [6.45, 7) is 6.15. The largest absolute Gasteiger partial charge is 0.324 e. The van der Waals surface area contributed by atoms with Gasteiger partial charge in [-0.2, -0.15) is 5.10 Å². The Hall–Kier alpha value is -2.43. The van der Waals surface area contributed by atoms with Gasteiger partial charge in [-0.1, -0.05) is 13.0 Å². The van der Waals surface area contributed by atoms with Gasteiger partial charge < -0.3 is 5.32 Å². The number of aryl methyl sites for hydroxylation is 3. The maximum absolute atomic E-state index is 12.2. The van der Waals surface area contributed by atoms with E-state index in [0.717, 1.165) is 41.8 Å². The minimum atomic E-state index is -0.239. The molecule has 5 heteroatoms. The van der Waals surface area contributed by atoms with Gasteiger partial charge in [0.1, 0.15) is 6.54 Å². The number of benzene rings is 1. The molecule has 24 heavy (non-hydrogen) atoms. The minimum absolute atomic E-state index is 0.0609. The second-order valence-corrected chi connectivity index (χ2v) is 6.81. The van der Waals surface area contributed by atoms with Crippen molar-refractivity contribution >= 4 is 11.6 Å². The topological polar surface area (TPSA) is 64.0 Å². The zero-order valence-electron chi connectivity index (χ0n) is 14.4. The Morgan fingerprint density at radius 1 is 1.29 bits per heavy atom. The fourth-order valence-corrected chi connectivity index (χ4v) is 3.08. The lowest BCUT2D eigenvalue weighted by atomic mass is 9.88. The Kier molecular flexibility index (Phi) is 4.51. The van der Waals surface area contributed by atoms with E-state index >= 15 is 0 Å². The Morgan fingerprint density at radius 2 is 2.08 bits per heavy atom. The molecule has 0 spiro atoms. The fourth-order valence-electron chi connectivity index (χ4n) is 3.08. The van der Waals surface area contributed by atoms with E-state index < -0.39 is 0 Å². The van der Waals surface area contributed by atoms with Gasteiger partial charge in [-0.05, 0) is 67.9 Å². The van der Waals surface area contributed by atoms with E-state index in [2.05, 4.69) is 17.3 Å². The molecule has 5 nitrogen and oxygen atoms in total. The van der Waals surface area contributed by atoms with Crippen LogP contribution >= 0.6 is 0 Å². The summed E-state index contributed by atoms with van der Waals surface area (Å²) < 4.78 is 1.27. The second-order valence-electron chi connectivity index (χ2n) is 6.81. The van der Waals surface area contributed by atoms with Crippen LogP contribution in [-0.4, -0.2) is 15.7 Å². The number of rotatable bonds is 3. The molecule has 0 radical (unpaired) electrons. The summed E-state index contributed by atoms with van der Waals surface area (Å²) in [5.41, 5.74) is 4.80. The van der Waals surface area contributed by atoms with Crippen LogP contribution in [0.5, 0.6) is 0 Å². The van der Waals surface area contributed by atoms with Crippen molar-refractivity contribution in [2.75, 3.05) is 5.32 Å². The van der Waals surface area contributed by atoms with Crippen LogP contribution in [0.1, 0.15) is 35.7 Å². The summed E-state index contributed by atoms with van der Waals surface area (Å²) in [5.74, 6) is 0.347. The molecule has 0 saturated carbocycles. The molecule has 1 aliphatic rings. The van der Waals surface area contributed by atoms with Crippen molar-refractivity contribution in [3.8, 4) is 0 Å². The Balaban J connectivity index is 1.74. The van der Waals surface area contributed by atoms with Crippen LogP contribution in [0.15, 0.2) is 29.1 Å². The van der Waals surface area contributed by atoms with Crippen LogP contribution < -0.4 is 10.9 Å². The first-order valence-corrected chi connectivity index (χ1v) is 8.39. The first kappa shape index (κ1) is 16.4. The number of hydrogen-bond donors (Lipinski definition) is 1. The normalized spacial score (nSPS) is 16.5. The van der Waals surface area contributed by atoms with E-state index in [1.54, 1.807) is 6.07 Å². The molecule has 1 N–H and O–H groups in total. The van der Waals surface area contributed by atoms with E-state index in [1.165, 1.54) is 10.2 Å². The second kappa shape index (κ2) is 6.59. The van der Waals surface area contributed by atoms with Gasteiger partial charge in [-0.15, -0.1) is 0 Å². The van der Waals surface area contributed by atoms with Crippen molar-refractivity contribution in [2.45, 2.75) is 46.6 Å². The molecule has 0 fully saturated rings. The highest BCUT2D eigenvalue weighted by atomic mass is 16.2. The number of fused-ring (bicyclic) bond motifs is 1. The number of carbonyl (C=O) groups excluding carboxylic acids is 1. The average molecular weight is 325 g/mol. The summed E-state index contributed by atoms with van der Waals surface area (Å²) in [4.78, 5) is 24.4. The standard InChI is InChI=1S/C19H23N3O2/c1-12-4-7-17-15(8-12)10-19(24)22(21-17)11-18(23)20-16-6-5-13(2)14(3)9-16/h5-6,9-10,12H,4,7-8,11H2,1-3H3,(H,20,23). The van der Waals surface area contributed by atoms with Gasteiger partial charge in [-0.25, -0.2) is 4.68 Å². The van der Waals surface area contributed by atoms with Crippen molar-refractivity contribution in [3.63, 3.8) is 0 Å². The molecule has 1 aromatic heterocycles. The van der Waals surface area contributed by atoms with E-state index in [-0.39, 0.29) is 18.0 Å². The van der Waals surface area contributed by atoms with Gasteiger partial charge in [0.15, 0.2) is 0 Å². The van der Waals surface area contributed by atoms with Crippen LogP contribution in [0, 0.1) is 19.8 Å². The van der Waals surface area contributed by atoms with Crippen LogP contribution in [0.25, 0.3) is 0 Å². The number of nitrogens with zero attached hydrogens (tertiary/aromatic N) is 2. The molecule has 1 amide bonds. The Labute approximate surface area is 141 Å². The monoisotopic (exact) mass is 325 g/mol. The summed E-state index contributed by atoms with van der Waals surface area (Å²) in [6.07, 6.45) is 2.84. The molecule has 2 aromatic rings. The molecule has 1 aromatic carbocycles. The average Bonchev–Trinajstić information content (AvgIpc) is 2.52. The van der Waals surface area contributed by atoms with Crippen molar-refractivity contribution < 1.29 is 4.79 Å². The smallest absolute Gasteiger partial charge is 0.267 e. The lowest BCUT2D eigenvalue weighted by Gasteiger charge is -2.20. The van der Waals surface area contributed by atoms with Crippen LogP contribution in [0.3, 0.4) is 0 Å². The molecule has 1 aliphatic carbocycles. The summed E-state index contributed by atoms with van der Waals surface area (Å²) >= 11 is 0. The van der Waals surface area contributed by atoms with Crippen LogP contribution in [0.4, 0.5) is 5.69 Å². The van der Waals surface area contributed by atoms with E-state index in [4.69, 9.17) is 0 Å². The Morgan fingerprint density at radius 3 is 2.83 bits per heavy atom. The van der Waals surface area contributed by atoms with Crippen LogP contribution in [-0.2, 0) is 24.2 Å². The Bertz CT molecular complexity index is 839. The highest BCUT2D eigenvalue weighted by Crippen LogP contribution is 2.22. The highest BCUT2D eigenvalue weighted by molar-refractivity contribution is 5.90. The van der Waals surface area contributed by atoms with Gasteiger partial charge >= 0.3 is 0 Å². The quantitative estimate of drug-likeness (QED) is 0.943. The third-order valence-electron chi connectivity index (χ3n) is 4.69. The predicted octanol–water partition coefficient (Wildman–Crippen LogP) is 2.62. The molecule has 0 bridgehead atoms. The molecule has 0 saturated heterocycles. The van der Waals surface area contributed by atoms with Crippen molar-refractivity contribution in [1.29, 1.82) is 0 Å². The molecule has 1 heterocycles. The van der Waals surface area contributed by atoms with E-state index in [1.807, 2.05) is 32.0 Å².